The number of hydrogen-bond donors (Lipinski definition) is 2. The third-order valence-electron chi connectivity index (χ3n) is 1.43. The molecule has 0 aliphatic heterocycles. The van der Waals surface area contributed by atoms with E-state index < -0.39 is 0 Å². The normalized spacial score (nSPS) is 13.5. The molecule has 0 spiro atoms. The second-order valence-corrected chi connectivity index (χ2v) is 2.30. The van der Waals surface area contributed by atoms with Gasteiger partial charge in [-0.25, -0.2) is 0 Å². The van der Waals surface area contributed by atoms with E-state index >= 15 is 0 Å². The third-order valence-corrected chi connectivity index (χ3v) is 1.43. The lowest BCUT2D eigenvalue weighted by Crippen LogP contribution is -2.25. The second-order valence-electron chi connectivity index (χ2n) is 2.30. The molecule has 1 unspecified atom stereocenters. The fraction of sp³-hybridized carbons (Fsp3) is 0.500. The van der Waals surface area contributed by atoms with E-state index in [1.807, 2.05) is 26.2 Å². The summed E-state index contributed by atoms with van der Waals surface area (Å²) in [4.78, 5) is 0. The van der Waals surface area contributed by atoms with Gasteiger partial charge in [-0.05, 0) is 13.0 Å². The Bertz CT molecular complexity index is 205. The molecule has 4 heteroatoms. The monoisotopic (exact) mass is 140 g/mol. The SMILES string of the molecule is CC(NN)c1ccn(C)n1. The Balaban J connectivity index is 2.74. The minimum absolute atomic E-state index is 0.126. The van der Waals surface area contributed by atoms with Crippen molar-refractivity contribution in [2.75, 3.05) is 0 Å². The summed E-state index contributed by atoms with van der Waals surface area (Å²) in [6.07, 6.45) is 1.89. The van der Waals surface area contributed by atoms with Crippen LogP contribution in [-0.4, -0.2) is 9.78 Å². The molecule has 0 radical (unpaired) electrons. The van der Waals surface area contributed by atoms with Gasteiger partial charge in [-0.2, -0.15) is 5.10 Å². The number of hydrogen-bond acceptors (Lipinski definition) is 3. The molecule has 0 amide bonds. The summed E-state index contributed by atoms with van der Waals surface area (Å²) in [6, 6.07) is 2.06. The van der Waals surface area contributed by atoms with Crippen molar-refractivity contribution in [3.05, 3.63) is 18.0 Å². The minimum Gasteiger partial charge on any atom is -0.275 e. The fourth-order valence-corrected chi connectivity index (χ4v) is 0.749. The van der Waals surface area contributed by atoms with Crippen LogP contribution in [0.25, 0.3) is 0 Å². The zero-order valence-corrected chi connectivity index (χ0v) is 6.20. The summed E-state index contributed by atoms with van der Waals surface area (Å²) in [7, 11) is 1.88. The van der Waals surface area contributed by atoms with Crippen molar-refractivity contribution in [2.45, 2.75) is 13.0 Å². The van der Waals surface area contributed by atoms with Crippen LogP contribution in [0.4, 0.5) is 0 Å². The molecule has 0 aliphatic rings. The Morgan fingerprint density at radius 2 is 2.50 bits per heavy atom. The molecule has 0 saturated carbocycles. The Morgan fingerprint density at radius 1 is 1.80 bits per heavy atom. The van der Waals surface area contributed by atoms with Gasteiger partial charge in [0, 0.05) is 13.2 Å². The Kier molecular flexibility index (Phi) is 2.03. The van der Waals surface area contributed by atoms with Crippen LogP contribution in [0.3, 0.4) is 0 Å². The molecule has 1 atom stereocenters. The van der Waals surface area contributed by atoms with Crippen molar-refractivity contribution in [3.8, 4) is 0 Å². The number of nitrogens with two attached hydrogens (primary N) is 1. The molecule has 0 saturated heterocycles. The summed E-state index contributed by atoms with van der Waals surface area (Å²) < 4.78 is 1.75. The lowest BCUT2D eigenvalue weighted by Gasteiger charge is -2.04. The van der Waals surface area contributed by atoms with Gasteiger partial charge in [0.2, 0.25) is 0 Å². The van der Waals surface area contributed by atoms with Crippen LogP contribution >= 0.6 is 0 Å². The van der Waals surface area contributed by atoms with Crippen molar-refractivity contribution in [1.82, 2.24) is 15.2 Å². The lowest BCUT2D eigenvalue weighted by atomic mass is 10.3. The Morgan fingerprint density at radius 3 is 2.90 bits per heavy atom. The van der Waals surface area contributed by atoms with Crippen LogP contribution in [0, 0.1) is 0 Å². The highest BCUT2D eigenvalue weighted by Gasteiger charge is 2.03. The first kappa shape index (κ1) is 7.24. The van der Waals surface area contributed by atoms with E-state index in [1.165, 1.54) is 0 Å². The largest absolute Gasteiger partial charge is 0.275 e. The molecule has 1 aromatic heterocycles. The molecule has 1 rings (SSSR count). The summed E-state index contributed by atoms with van der Waals surface area (Å²) in [5.41, 5.74) is 3.58. The summed E-state index contributed by atoms with van der Waals surface area (Å²) in [5.74, 6) is 5.21. The number of nitrogens with zero attached hydrogens (tertiary/aromatic N) is 2. The molecular weight excluding hydrogens is 128 g/mol. The van der Waals surface area contributed by atoms with Gasteiger partial charge in [0.25, 0.3) is 0 Å². The van der Waals surface area contributed by atoms with E-state index in [0.29, 0.717) is 0 Å². The van der Waals surface area contributed by atoms with Crippen LogP contribution in [0.5, 0.6) is 0 Å². The smallest absolute Gasteiger partial charge is 0.0804 e. The number of nitrogens with one attached hydrogen (secondary N) is 1. The molecule has 3 N–H and O–H groups in total. The standard InChI is InChI=1S/C6H12N4/c1-5(8-7)6-3-4-10(2)9-6/h3-5,8H,7H2,1-2H3. The molecule has 56 valence electrons. The van der Waals surface area contributed by atoms with Crippen molar-refractivity contribution in [3.63, 3.8) is 0 Å². The van der Waals surface area contributed by atoms with Gasteiger partial charge in [0.05, 0.1) is 11.7 Å². The van der Waals surface area contributed by atoms with Gasteiger partial charge in [-0.1, -0.05) is 0 Å². The van der Waals surface area contributed by atoms with Gasteiger partial charge in [0.15, 0.2) is 0 Å². The van der Waals surface area contributed by atoms with E-state index in [0.717, 1.165) is 5.69 Å². The van der Waals surface area contributed by atoms with Gasteiger partial charge < -0.3 is 0 Å². The first-order chi connectivity index (χ1) is 4.74. The van der Waals surface area contributed by atoms with Crippen molar-refractivity contribution >= 4 is 0 Å². The van der Waals surface area contributed by atoms with Crippen LogP contribution in [0.1, 0.15) is 18.7 Å². The summed E-state index contributed by atoms with van der Waals surface area (Å²) in [6.45, 7) is 1.96. The molecule has 1 heterocycles. The molecule has 0 bridgehead atoms. The quantitative estimate of drug-likeness (QED) is 0.447. The van der Waals surface area contributed by atoms with Gasteiger partial charge in [0.1, 0.15) is 0 Å². The number of aromatic nitrogens is 2. The fourth-order valence-electron chi connectivity index (χ4n) is 0.749. The van der Waals surface area contributed by atoms with Crippen LogP contribution in [0.2, 0.25) is 0 Å². The van der Waals surface area contributed by atoms with E-state index in [9.17, 15) is 0 Å². The van der Waals surface area contributed by atoms with Crippen LogP contribution in [-0.2, 0) is 7.05 Å². The van der Waals surface area contributed by atoms with Crippen molar-refractivity contribution in [2.24, 2.45) is 12.9 Å². The zero-order valence-electron chi connectivity index (χ0n) is 6.20. The predicted octanol–water partition coefficient (Wildman–Crippen LogP) is -0.0556. The number of aryl methyl sites for hydroxylation is 1. The summed E-state index contributed by atoms with van der Waals surface area (Å²) in [5, 5.41) is 4.16. The molecular formula is C6H12N4. The molecule has 1 aromatic rings. The average Bonchev–Trinajstić information content (AvgIpc) is 2.34. The second kappa shape index (κ2) is 2.81. The average molecular weight is 140 g/mol. The zero-order chi connectivity index (χ0) is 7.56. The topological polar surface area (TPSA) is 55.9 Å². The maximum Gasteiger partial charge on any atom is 0.0804 e. The van der Waals surface area contributed by atoms with E-state index in [2.05, 4.69) is 10.5 Å². The highest BCUT2D eigenvalue weighted by molar-refractivity contribution is 5.03. The van der Waals surface area contributed by atoms with E-state index in [1.54, 1.807) is 4.68 Å². The highest BCUT2D eigenvalue weighted by Crippen LogP contribution is 2.05. The maximum absolute atomic E-state index is 5.21. The molecule has 0 fully saturated rings. The van der Waals surface area contributed by atoms with Crippen molar-refractivity contribution in [1.29, 1.82) is 0 Å². The van der Waals surface area contributed by atoms with Crippen LogP contribution in [0.15, 0.2) is 12.3 Å². The van der Waals surface area contributed by atoms with Gasteiger partial charge >= 0.3 is 0 Å². The summed E-state index contributed by atoms with van der Waals surface area (Å²) >= 11 is 0. The van der Waals surface area contributed by atoms with Gasteiger partial charge in [-0.3, -0.25) is 16.0 Å². The minimum atomic E-state index is 0.126. The van der Waals surface area contributed by atoms with Crippen LogP contribution < -0.4 is 11.3 Å². The van der Waals surface area contributed by atoms with Gasteiger partial charge in [-0.15, -0.1) is 0 Å². The maximum atomic E-state index is 5.21. The highest BCUT2D eigenvalue weighted by atomic mass is 15.3. The number of hydrazine groups is 1. The van der Waals surface area contributed by atoms with Crippen molar-refractivity contribution < 1.29 is 0 Å². The number of rotatable bonds is 2. The lowest BCUT2D eigenvalue weighted by molar-refractivity contribution is 0.573. The van der Waals surface area contributed by atoms with E-state index in [-0.39, 0.29) is 6.04 Å². The predicted molar refractivity (Wildman–Crippen MR) is 38.9 cm³/mol. The third kappa shape index (κ3) is 1.34. The molecule has 0 aliphatic carbocycles. The molecule has 4 nitrogen and oxygen atoms in total. The Hall–Kier alpha value is -0.870. The first-order valence-electron chi connectivity index (χ1n) is 3.19. The molecule has 10 heavy (non-hydrogen) atoms. The molecule has 0 aromatic carbocycles. The first-order valence-corrected chi connectivity index (χ1v) is 3.19. The van der Waals surface area contributed by atoms with E-state index in [4.69, 9.17) is 5.84 Å². The Labute approximate surface area is 60.0 Å².